The average Bonchev–Trinajstić information content (AvgIpc) is 1.98. The second-order valence-electron chi connectivity index (χ2n) is 4.53. The van der Waals surface area contributed by atoms with E-state index in [9.17, 15) is 8.42 Å². The van der Waals surface area contributed by atoms with E-state index in [2.05, 4.69) is 0 Å². The summed E-state index contributed by atoms with van der Waals surface area (Å²) in [5.41, 5.74) is -0.111. The van der Waals surface area contributed by atoms with Crippen molar-refractivity contribution in [1.29, 1.82) is 0 Å². The molecule has 80 valence electrons. The van der Waals surface area contributed by atoms with Gasteiger partial charge >= 0.3 is 0 Å². The highest BCUT2D eigenvalue weighted by atomic mass is 32.2. The average molecular weight is 208 g/mol. The van der Waals surface area contributed by atoms with Crippen LogP contribution in [0, 0.1) is 5.41 Å². The Balaban J connectivity index is 4.21. The minimum atomic E-state index is -3.34. The van der Waals surface area contributed by atoms with E-state index < -0.39 is 15.4 Å². The minimum absolute atomic E-state index is 0.111. The van der Waals surface area contributed by atoms with Crippen LogP contribution in [0.1, 0.15) is 41.0 Å². The van der Waals surface area contributed by atoms with Crippen molar-refractivity contribution in [2.24, 2.45) is 5.41 Å². The molecule has 0 aliphatic carbocycles. The highest BCUT2D eigenvalue weighted by molar-refractivity contribution is 7.87. The number of hydrogen-bond acceptors (Lipinski definition) is 3. The third kappa shape index (κ3) is 5.26. The molecule has 0 aromatic rings. The van der Waals surface area contributed by atoms with E-state index in [1.165, 1.54) is 0 Å². The van der Waals surface area contributed by atoms with Gasteiger partial charge in [-0.05, 0) is 18.8 Å². The number of hydrogen-bond donors (Lipinski definition) is 0. The van der Waals surface area contributed by atoms with Gasteiger partial charge in [-0.2, -0.15) is 8.42 Å². The summed E-state index contributed by atoms with van der Waals surface area (Å²) in [4.78, 5) is 0. The summed E-state index contributed by atoms with van der Waals surface area (Å²) in [5, 5.41) is -0.408. The summed E-state index contributed by atoms with van der Waals surface area (Å²) in [5.74, 6) is 0. The lowest BCUT2D eigenvalue weighted by Crippen LogP contribution is -2.25. The Bertz CT molecular complexity index is 236. The Kier molecular flexibility index (Phi) is 4.39. The topological polar surface area (TPSA) is 43.4 Å². The van der Waals surface area contributed by atoms with Gasteiger partial charge in [-0.15, -0.1) is 0 Å². The van der Waals surface area contributed by atoms with Crippen LogP contribution < -0.4 is 0 Å². The second kappa shape index (κ2) is 4.42. The van der Waals surface area contributed by atoms with Crippen LogP contribution in [-0.4, -0.2) is 20.3 Å². The zero-order chi connectivity index (χ0) is 10.7. The lowest BCUT2D eigenvalue weighted by atomic mass is 9.99. The Morgan fingerprint density at radius 1 is 1.31 bits per heavy atom. The quantitative estimate of drug-likeness (QED) is 0.665. The van der Waals surface area contributed by atoms with Gasteiger partial charge in [0.2, 0.25) is 0 Å². The first-order chi connectivity index (χ1) is 5.69. The van der Waals surface area contributed by atoms with Crippen molar-refractivity contribution in [3.8, 4) is 0 Å². The van der Waals surface area contributed by atoms with Crippen molar-refractivity contribution in [2.45, 2.75) is 46.3 Å². The maximum absolute atomic E-state index is 11.4. The highest BCUT2D eigenvalue weighted by Crippen LogP contribution is 2.17. The van der Waals surface area contributed by atoms with Gasteiger partial charge < -0.3 is 0 Å². The lowest BCUT2D eigenvalue weighted by molar-refractivity contribution is 0.201. The molecule has 0 fully saturated rings. The Morgan fingerprint density at radius 3 is 2.08 bits per heavy atom. The Hall–Kier alpha value is -0.0900. The molecule has 0 rings (SSSR count). The van der Waals surface area contributed by atoms with Crippen molar-refractivity contribution >= 4 is 10.1 Å². The summed E-state index contributed by atoms with van der Waals surface area (Å²) in [6, 6.07) is 0. The van der Waals surface area contributed by atoms with Gasteiger partial charge in [0.1, 0.15) is 0 Å². The van der Waals surface area contributed by atoms with Gasteiger partial charge in [-0.3, -0.25) is 4.18 Å². The first-order valence-corrected chi connectivity index (χ1v) is 6.04. The first kappa shape index (κ1) is 12.9. The van der Waals surface area contributed by atoms with Crippen LogP contribution in [0.25, 0.3) is 0 Å². The van der Waals surface area contributed by atoms with E-state index >= 15 is 0 Å². The predicted molar refractivity (Wildman–Crippen MR) is 54.1 cm³/mol. The van der Waals surface area contributed by atoms with Gasteiger partial charge in [-0.25, -0.2) is 0 Å². The van der Waals surface area contributed by atoms with E-state index in [0.29, 0.717) is 6.42 Å². The standard InChI is InChI=1S/C9H20O3S/c1-6-8(2)13(10,11)12-7-9(3,4)5/h8H,6-7H2,1-5H3. The number of rotatable bonds is 4. The van der Waals surface area contributed by atoms with E-state index in [-0.39, 0.29) is 12.0 Å². The van der Waals surface area contributed by atoms with Crippen molar-refractivity contribution in [3.05, 3.63) is 0 Å². The van der Waals surface area contributed by atoms with Crippen molar-refractivity contribution in [1.82, 2.24) is 0 Å². The normalized spacial score (nSPS) is 15.8. The molecule has 4 heteroatoms. The first-order valence-electron chi connectivity index (χ1n) is 4.57. The molecule has 0 saturated heterocycles. The molecule has 0 N–H and O–H groups in total. The zero-order valence-electron chi connectivity index (χ0n) is 9.12. The fourth-order valence-electron chi connectivity index (χ4n) is 0.579. The van der Waals surface area contributed by atoms with Gasteiger partial charge in [0.25, 0.3) is 10.1 Å². The summed E-state index contributed by atoms with van der Waals surface area (Å²) in [6.45, 7) is 9.58. The van der Waals surface area contributed by atoms with E-state index in [4.69, 9.17) is 4.18 Å². The largest absolute Gasteiger partial charge is 0.269 e. The van der Waals surface area contributed by atoms with E-state index in [1.807, 2.05) is 27.7 Å². The van der Waals surface area contributed by atoms with Crippen LogP contribution >= 0.6 is 0 Å². The van der Waals surface area contributed by atoms with Crippen LogP contribution in [0.2, 0.25) is 0 Å². The Morgan fingerprint density at radius 2 is 1.77 bits per heavy atom. The van der Waals surface area contributed by atoms with Crippen LogP contribution in [0.3, 0.4) is 0 Å². The minimum Gasteiger partial charge on any atom is -0.269 e. The molecule has 3 nitrogen and oxygen atoms in total. The molecule has 0 saturated carbocycles. The van der Waals surface area contributed by atoms with Crippen LogP contribution in [0.4, 0.5) is 0 Å². The summed E-state index contributed by atoms with van der Waals surface area (Å²) >= 11 is 0. The molecule has 0 amide bonds. The third-order valence-electron chi connectivity index (χ3n) is 1.72. The molecule has 0 radical (unpaired) electrons. The summed E-state index contributed by atoms with van der Waals surface area (Å²) < 4.78 is 27.7. The maximum Gasteiger partial charge on any atom is 0.269 e. The van der Waals surface area contributed by atoms with E-state index in [1.54, 1.807) is 6.92 Å². The van der Waals surface area contributed by atoms with Gasteiger partial charge in [-0.1, -0.05) is 27.7 Å². The van der Waals surface area contributed by atoms with Crippen molar-refractivity contribution < 1.29 is 12.6 Å². The third-order valence-corrected chi connectivity index (χ3v) is 3.49. The second-order valence-corrected chi connectivity index (χ2v) is 6.56. The lowest BCUT2D eigenvalue weighted by Gasteiger charge is -2.19. The molecule has 0 bridgehead atoms. The summed E-state index contributed by atoms with van der Waals surface area (Å²) in [7, 11) is -3.34. The molecule has 0 spiro atoms. The molecule has 0 aromatic heterocycles. The molecule has 0 aromatic carbocycles. The van der Waals surface area contributed by atoms with E-state index in [0.717, 1.165) is 0 Å². The molecule has 0 aliphatic rings. The van der Waals surface area contributed by atoms with Crippen LogP contribution in [-0.2, 0) is 14.3 Å². The van der Waals surface area contributed by atoms with Gasteiger partial charge in [0.05, 0.1) is 11.9 Å². The fourth-order valence-corrected chi connectivity index (χ4v) is 1.74. The van der Waals surface area contributed by atoms with Crippen LogP contribution in [0.15, 0.2) is 0 Å². The summed E-state index contributed by atoms with van der Waals surface area (Å²) in [6.07, 6.45) is 0.590. The van der Waals surface area contributed by atoms with Crippen molar-refractivity contribution in [2.75, 3.05) is 6.61 Å². The molecule has 1 unspecified atom stereocenters. The van der Waals surface area contributed by atoms with Gasteiger partial charge in [0, 0.05) is 0 Å². The zero-order valence-corrected chi connectivity index (χ0v) is 9.94. The monoisotopic (exact) mass is 208 g/mol. The fraction of sp³-hybridized carbons (Fsp3) is 1.00. The van der Waals surface area contributed by atoms with Gasteiger partial charge in [0.15, 0.2) is 0 Å². The maximum atomic E-state index is 11.4. The SMILES string of the molecule is CCC(C)S(=O)(=O)OCC(C)(C)C. The molecule has 1 atom stereocenters. The Labute approximate surface area is 81.6 Å². The molecule has 0 heterocycles. The van der Waals surface area contributed by atoms with Crippen LogP contribution in [0.5, 0.6) is 0 Å². The smallest absolute Gasteiger partial charge is 0.269 e. The predicted octanol–water partition coefficient (Wildman–Crippen LogP) is 2.18. The molecule has 0 aliphatic heterocycles. The molecule has 13 heavy (non-hydrogen) atoms. The molecular formula is C9H20O3S. The van der Waals surface area contributed by atoms with Crippen molar-refractivity contribution in [3.63, 3.8) is 0 Å². The molecular weight excluding hydrogens is 188 g/mol. The highest BCUT2D eigenvalue weighted by Gasteiger charge is 2.22.